The van der Waals surface area contributed by atoms with Gasteiger partial charge in [0.2, 0.25) is 0 Å². The molecular weight excluding hydrogens is 346 g/mol. The summed E-state index contributed by atoms with van der Waals surface area (Å²) in [4.78, 5) is 0. The van der Waals surface area contributed by atoms with Gasteiger partial charge in [0.15, 0.2) is 0 Å². The Balaban J connectivity index is 1.29. The van der Waals surface area contributed by atoms with Gasteiger partial charge in [0.05, 0.1) is 12.6 Å². The Kier molecular flexibility index (Phi) is 4.09. The van der Waals surface area contributed by atoms with Crippen molar-refractivity contribution in [2.24, 2.45) is 16.7 Å². The fraction of sp³-hybridized carbons (Fsp3) is 0.600. The summed E-state index contributed by atoms with van der Waals surface area (Å²) in [5, 5.41) is 13.6. The molecule has 1 heterocycles. The molecule has 2 unspecified atom stereocenters. The van der Waals surface area contributed by atoms with E-state index in [0.29, 0.717) is 16.4 Å². The second-order valence-electron chi connectivity index (χ2n) is 10.8. The SMILES string of the molecule is C[C@H](O)c1ccc(-c2ccc(CNC34CC5C[C@@](C)(C3)C[C@](C)(C5)C4)o2)cc1. The Labute approximate surface area is 168 Å². The highest BCUT2D eigenvalue weighted by molar-refractivity contribution is 5.58. The summed E-state index contributed by atoms with van der Waals surface area (Å²) in [5.74, 6) is 2.82. The Morgan fingerprint density at radius 2 is 1.68 bits per heavy atom. The average molecular weight is 380 g/mol. The first-order chi connectivity index (χ1) is 13.3. The van der Waals surface area contributed by atoms with E-state index < -0.39 is 6.10 Å². The molecule has 0 spiro atoms. The van der Waals surface area contributed by atoms with Crippen molar-refractivity contribution >= 4 is 0 Å². The van der Waals surface area contributed by atoms with Crippen LogP contribution >= 0.6 is 0 Å². The second-order valence-corrected chi connectivity index (χ2v) is 10.8. The minimum absolute atomic E-state index is 0.300. The van der Waals surface area contributed by atoms with Crippen LogP contribution in [0.3, 0.4) is 0 Å². The van der Waals surface area contributed by atoms with Crippen LogP contribution in [0.1, 0.15) is 76.7 Å². The van der Waals surface area contributed by atoms with Crippen LogP contribution in [0.4, 0.5) is 0 Å². The normalized spacial score (nSPS) is 37.4. The van der Waals surface area contributed by atoms with Crippen LogP contribution in [0.2, 0.25) is 0 Å². The molecule has 3 heteroatoms. The number of rotatable bonds is 5. The highest BCUT2D eigenvalue weighted by Gasteiger charge is 2.59. The molecule has 0 aliphatic heterocycles. The van der Waals surface area contributed by atoms with Crippen LogP contribution in [-0.2, 0) is 6.54 Å². The third-order valence-corrected chi connectivity index (χ3v) is 7.60. The largest absolute Gasteiger partial charge is 0.460 e. The predicted octanol–water partition coefficient (Wildman–Crippen LogP) is 5.84. The van der Waals surface area contributed by atoms with Gasteiger partial charge in [0.1, 0.15) is 11.5 Å². The molecule has 0 saturated heterocycles. The predicted molar refractivity (Wildman–Crippen MR) is 112 cm³/mol. The number of hydrogen-bond donors (Lipinski definition) is 2. The summed E-state index contributed by atoms with van der Waals surface area (Å²) >= 11 is 0. The van der Waals surface area contributed by atoms with Gasteiger partial charge in [-0.1, -0.05) is 38.1 Å². The zero-order valence-corrected chi connectivity index (χ0v) is 17.4. The Hall–Kier alpha value is -1.58. The van der Waals surface area contributed by atoms with Crippen LogP contribution < -0.4 is 5.32 Å². The lowest BCUT2D eigenvalue weighted by molar-refractivity contribution is -0.118. The number of furan rings is 1. The van der Waals surface area contributed by atoms with Crippen LogP contribution in [-0.4, -0.2) is 10.6 Å². The van der Waals surface area contributed by atoms with Crippen LogP contribution in [0.5, 0.6) is 0 Å². The molecule has 4 bridgehead atoms. The van der Waals surface area contributed by atoms with Gasteiger partial charge in [-0.15, -0.1) is 0 Å². The summed E-state index contributed by atoms with van der Waals surface area (Å²) in [6.07, 6.45) is 7.81. The molecule has 6 rings (SSSR count). The third kappa shape index (κ3) is 3.23. The van der Waals surface area contributed by atoms with Crippen LogP contribution in [0, 0.1) is 16.7 Å². The summed E-state index contributed by atoms with van der Waals surface area (Å²) in [6, 6.07) is 12.2. The van der Waals surface area contributed by atoms with Crippen molar-refractivity contribution in [2.75, 3.05) is 0 Å². The lowest BCUT2D eigenvalue weighted by Crippen LogP contribution is -2.63. The quantitative estimate of drug-likeness (QED) is 0.686. The first-order valence-corrected chi connectivity index (χ1v) is 10.9. The van der Waals surface area contributed by atoms with Crippen LogP contribution in [0.15, 0.2) is 40.8 Å². The highest BCUT2D eigenvalue weighted by atomic mass is 16.3. The molecule has 2 N–H and O–H groups in total. The fourth-order valence-corrected chi connectivity index (χ4v) is 7.47. The molecular formula is C25H33NO2. The molecule has 1 aromatic heterocycles. The van der Waals surface area contributed by atoms with E-state index in [1.807, 2.05) is 24.3 Å². The highest BCUT2D eigenvalue weighted by Crippen LogP contribution is 2.66. The van der Waals surface area contributed by atoms with Gasteiger partial charge in [0, 0.05) is 11.1 Å². The van der Waals surface area contributed by atoms with Gasteiger partial charge in [0.25, 0.3) is 0 Å². The van der Waals surface area contributed by atoms with E-state index in [0.717, 1.165) is 35.1 Å². The van der Waals surface area contributed by atoms with E-state index in [1.165, 1.54) is 38.5 Å². The van der Waals surface area contributed by atoms with E-state index in [1.54, 1.807) is 6.92 Å². The van der Waals surface area contributed by atoms with Crippen molar-refractivity contribution in [1.82, 2.24) is 5.32 Å². The van der Waals surface area contributed by atoms with Gasteiger partial charge in [-0.2, -0.15) is 0 Å². The topological polar surface area (TPSA) is 45.4 Å². The average Bonchev–Trinajstić information content (AvgIpc) is 3.06. The van der Waals surface area contributed by atoms with Gasteiger partial charge < -0.3 is 14.8 Å². The van der Waals surface area contributed by atoms with Crippen molar-refractivity contribution in [3.63, 3.8) is 0 Å². The molecule has 0 radical (unpaired) electrons. The first kappa shape index (κ1) is 18.4. The van der Waals surface area contributed by atoms with E-state index in [9.17, 15) is 5.11 Å². The van der Waals surface area contributed by atoms with E-state index in [2.05, 4.69) is 31.3 Å². The maximum absolute atomic E-state index is 9.68. The molecule has 2 aromatic rings. The molecule has 4 fully saturated rings. The zero-order chi connectivity index (χ0) is 19.6. The minimum Gasteiger partial charge on any atom is -0.460 e. The molecule has 5 atom stereocenters. The maximum atomic E-state index is 9.68. The number of benzene rings is 1. The summed E-state index contributed by atoms with van der Waals surface area (Å²) in [7, 11) is 0. The Bertz CT molecular complexity index is 847. The molecule has 4 aliphatic rings. The number of hydrogen-bond acceptors (Lipinski definition) is 3. The molecule has 4 aliphatic carbocycles. The Morgan fingerprint density at radius 1 is 1.00 bits per heavy atom. The Morgan fingerprint density at radius 3 is 2.29 bits per heavy atom. The van der Waals surface area contributed by atoms with Gasteiger partial charge in [-0.25, -0.2) is 0 Å². The van der Waals surface area contributed by atoms with Gasteiger partial charge >= 0.3 is 0 Å². The first-order valence-electron chi connectivity index (χ1n) is 10.9. The lowest BCUT2D eigenvalue weighted by Gasteiger charge is -2.65. The number of aliphatic hydroxyl groups excluding tert-OH is 1. The molecule has 3 nitrogen and oxygen atoms in total. The standard InChI is InChI=1S/C25H33NO2/c1-17(27)19-4-6-20(7-5-19)22-9-8-21(28-22)13-26-25-12-18-10-23(2,15-25)14-24(3,11-18)16-25/h4-9,17-18,26-27H,10-16H2,1-3H3/t17-,18?,23-,24+,25?/m0/s1. The smallest absolute Gasteiger partial charge is 0.134 e. The van der Waals surface area contributed by atoms with E-state index >= 15 is 0 Å². The minimum atomic E-state index is -0.436. The molecule has 150 valence electrons. The van der Waals surface area contributed by atoms with Crippen LogP contribution in [0.25, 0.3) is 11.3 Å². The van der Waals surface area contributed by atoms with Crippen molar-refractivity contribution in [2.45, 2.75) is 77.5 Å². The van der Waals surface area contributed by atoms with Gasteiger partial charge in [-0.05, 0) is 79.9 Å². The molecule has 1 aromatic carbocycles. The van der Waals surface area contributed by atoms with Crippen molar-refractivity contribution < 1.29 is 9.52 Å². The van der Waals surface area contributed by atoms with Gasteiger partial charge in [-0.3, -0.25) is 0 Å². The molecule has 28 heavy (non-hydrogen) atoms. The van der Waals surface area contributed by atoms with Crippen molar-refractivity contribution in [1.29, 1.82) is 0 Å². The molecule has 0 amide bonds. The van der Waals surface area contributed by atoms with Crippen molar-refractivity contribution in [3.8, 4) is 11.3 Å². The monoisotopic (exact) mass is 379 g/mol. The summed E-state index contributed by atoms with van der Waals surface area (Å²) in [6.45, 7) is 7.64. The molecule has 4 saturated carbocycles. The lowest BCUT2D eigenvalue weighted by atomic mass is 9.43. The zero-order valence-electron chi connectivity index (χ0n) is 17.4. The fourth-order valence-electron chi connectivity index (χ4n) is 7.47. The van der Waals surface area contributed by atoms with E-state index in [4.69, 9.17) is 4.42 Å². The third-order valence-electron chi connectivity index (χ3n) is 7.60. The summed E-state index contributed by atoms with van der Waals surface area (Å²) in [5.41, 5.74) is 3.35. The summed E-state index contributed by atoms with van der Waals surface area (Å²) < 4.78 is 6.16. The number of aliphatic hydroxyl groups is 1. The van der Waals surface area contributed by atoms with Crippen molar-refractivity contribution in [3.05, 3.63) is 47.7 Å². The maximum Gasteiger partial charge on any atom is 0.134 e. The number of nitrogens with one attached hydrogen (secondary N) is 1. The second kappa shape index (κ2) is 6.21. The van der Waals surface area contributed by atoms with E-state index in [-0.39, 0.29) is 0 Å².